The molecule has 1 fully saturated rings. The van der Waals surface area contributed by atoms with E-state index in [1.54, 1.807) is 29.5 Å². The first-order valence-electron chi connectivity index (χ1n) is 6.93. The Hall–Kier alpha value is -1.23. The fraction of sp³-hybridized carbons (Fsp3) is 0.375. The summed E-state index contributed by atoms with van der Waals surface area (Å²) >= 11 is 1.73. The average Bonchev–Trinajstić information content (AvgIpc) is 3.17. The molecule has 1 saturated carbocycles. The van der Waals surface area contributed by atoms with Gasteiger partial charge in [0.25, 0.3) is 0 Å². The van der Waals surface area contributed by atoms with E-state index in [2.05, 4.69) is 16.3 Å². The fourth-order valence-electron chi connectivity index (χ4n) is 2.45. The lowest BCUT2D eigenvalue weighted by Gasteiger charge is -2.24. The summed E-state index contributed by atoms with van der Waals surface area (Å²) < 4.78 is 13.7. The molecule has 0 spiro atoms. The van der Waals surface area contributed by atoms with Gasteiger partial charge in [-0.25, -0.2) is 4.39 Å². The lowest BCUT2D eigenvalue weighted by atomic mass is 10.1. The summed E-state index contributed by atoms with van der Waals surface area (Å²) in [7, 11) is 0. The van der Waals surface area contributed by atoms with Gasteiger partial charge in [-0.15, -0.1) is 11.3 Å². The van der Waals surface area contributed by atoms with E-state index in [4.69, 9.17) is 0 Å². The highest BCUT2D eigenvalue weighted by Gasteiger charge is 2.31. The second-order valence-electron chi connectivity index (χ2n) is 5.28. The predicted octanol–water partition coefficient (Wildman–Crippen LogP) is 3.59. The Kier molecular flexibility index (Phi) is 4.15. The third kappa shape index (κ3) is 3.26. The Morgan fingerprint density at radius 2 is 2.05 bits per heavy atom. The van der Waals surface area contributed by atoms with Crippen LogP contribution in [0.25, 0.3) is 0 Å². The number of hydrogen-bond donors (Lipinski definition) is 1. The molecule has 2 aromatic rings. The molecule has 4 heteroatoms. The molecule has 1 aliphatic rings. The molecule has 0 amide bonds. The Morgan fingerprint density at radius 1 is 1.25 bits per heavy atom. The molecule has 1 aromatic heterocycles. The Bertz CT molecular complexity index is 553. The van der Waals surface area contributed by atoms with E-state index in [0.29, 0.717) is 18.2 Å². The number of hydrogen-bond acceptors (Lipinski definition) is 3. The summed E-state index contributed by atoms with van der Waals surface area (Å²) in [5, 5.41) is 12.4. The number of aliphatic hydroxyl groups is 1. The van der Waals surface area contributed by atoms with Gasteiger partial charge in [-0.05, 0) is 30.4 Å². The highest BCUT2D eigenvalue weighted by Crippen LogP contribution is 2.31. The smallest absolute Gasteiger partial charge is 0.129 e. The minimum absolute atomic E-state index is 0.327. The van der Waals surface area contributed by atoms with Crippen molar-refractivity contribution in [2.45, 2.75) is 31.5 Å². The lowest BCUT2D eigenvalue weighted by Crippen LogP contribution is -2.30. The van der Waals surface area contributed by atoms with Gasteiger partial charge in [-0.2, -0.15) is 0 Å². The zero-order valence-corrected chi connectivity index (χ0v) is 12.0. The summed E-state index contributed by atoms with van der Waals surface area (Å²) in [5.41, 5.74) is 0.393. The monoisotopic (exact) mass is 291 g/mol. The second-order valence-corrected chi connectivity index (χ2v) is 6.31. The van der Waals surface area contributed by atoms with Crippen molar-refractivity contribution < 1.29 is 9.50 Å². The van der Waals surface area contributed by atoms with Crippen LogP contribution in [0, 0.1) is 5.82 Å². The first-order valence-corrected chi connectivity index (χ1v) is 7.81. The summed E-state index contributed by atoms with van der Waals surface area (Å²) in [6, 6.07) is 11.2. The zero-order chi connectivity index (χ0) is 13.9. The molecule has 1 aromatic carbocycles. The minimum Gasteiger partial charge on any atom is -0.387 e. The third-order valence-electron chi connectivity index (χ3n) is 3.67. The Morgan fingerprint density at radius 3 is 2.70 bits per heavy atom. The highest BCUT2D eigenvalue weighted by molar-refractivity contribution is 7.09. The van der Waals surface area contributed by atoms with Gasteiger partial charge in [-0.1, -0.05) is 24.3 Å². The predicted molar refractivity (Wildman–Crippen MR) is 79.1 cm³/mol. The van der Waals surface area contributed by atoms with Crippen LogP contribution in [0.4, 0.5) is 4.39 Å². The largest absolute Gasteiger partial charge is 0.387 e. The van der Waals surface area contributed by atoms with E-state index < -0.39 is 6.10 Å². The normalized spacial score (nSPS) is 16.6. The molecular formula is C16H18FNOS. The molecule has 0 radical (unpaired) electrons. The minimum atomic E-state index is -0.767. The maximum Gasteiger partial charge on any atom is 0.129 e. The molecule has 0 aliphatic heterocycles. The van der Waals surface area contributed by atoms with Crippen LogP contribution in [-0.2, 0) is 6.54 Å². The van der Waals surface area contributed by atoms with Gasteiger partial charge in [0.15, 0.2) is 0 Å². The van der Waals surface area contributed by atoms with Crippen LogP contribution in [0.1, 0.15) is 29.4 Å². The van der Waals surface area contributed by atoms with Gasteiger partial charge in [0.05, 0.1) is 6.10 Å². The molecule has 1 N–H and O–H groups in total. The van der Waals surface area contributed by atoms with Crippen molar-refractivity contribution in [2.24, 2.45) is 0 Å². The van der Waals surface area contributed by atoms with Crippen molar-refractivity contribution in [3.8, 4) is 0 Å². The quantitative estimate of drug-likeness (QED) is 0.879. The number of rotatable bonds is 6. The van der Waals surface area contributed by atoms with Gasteiger partial charge in [0, 0.05) is 29.6 Å². The number of halogens is 1. The number of nitrogens with zero attached hydrogens (tertiary/aromatic N) is 1. The second kappa shape index (κ2) is 6.04. The van der Waals surface area contributed by atoms with Gasteiger partial charge in [0.1, 0.15) is 5.82 Å². The van der Waals surface area contributed by atoms with Crippen molar-refractivity contribution in [3.05, 3.63) is 58.0 Å². The van der Waals surface area contributed by atoms with Crippen LogP contribution >= 0.6 is 11.3 Å². The average molecular weight is 291 g/mol. The molecule has 0 bridgehead atoms. The molecule has 1 heterocycles. The topological polar surface area (TPSA) is 23.5 Å². The van der Waals surface area contributed by atoms with E-state index >= 15 is 0 Å². The molecule has 1 aliphatic carbocycles. The first kappa shape index (κ1) is 13.7. The van der Waals surface area contributed by atoms with Crippen molar-refractivity contribution in [1.82, 2.24) is 4.90 Å². The molecule has 2 nitrogen and oxygen atoms in total. The Labute approximate surface area is 122 Å². The summed E-state index contributed by atoms with van der Waals surface area (Å²) in [6.07, 6.45) is 1.59. The third-order valence-corrected chi connectivity index (χ3v) is 4.54. The van der Waals surface area contributed by atoms with E-state index in [9.17, 15) is 9.50 Å². The lowest BCUT2D eigenvalue weighted by molar-refractivity contribution is 0.102. The molecule has 3 rings (SSSR count). The van der Waals surface area contributed by atoms with Crippen molar-refractivity contribution in [1.29, 1.82) is 0 Å². The van der Waals surface area contributed by atoms with Crippen molar-refractivity contribution in [3.63, 3.8) is 0 Å². The van der Waals surface area contributed by atoms with Crippen LogP contribution in [0.2, 0.25) is 0 Å². The molecule has 106 valence electrons. The molecule has 1 atom stereocenters. The molecule has 20 heavy (non-hydrogen) atoms. The van der Waals surface area contributed by atoms with Crippen molar-refractivity contribution in [2.75, 3.05) is 6.54 Å². The number of thiophene rings is 1. The van der Waals surface area contributed by atoms with E-state index in [1.807, 2.05) is 6.07 Å². The van der Waals surface area contributed by atoms with Crippen molar-refractivity contribution >= 4 is 11.3 Å². The van der Waals surface area contributed by atoms with Crippen LogP contribution < -0.4 is 0 Å². The zero-order valence-electron chi connectivity index (χ0n) is 11.2. The SMILES string of the molecule is OC(CN(Cc1cccs1)C1CC1)c1ccccc1F. The van der Waals surface area contributed by atoms with E-state index in [1.165, 1.54) is 23.8 Å². The van der Waals surface area contributed by atoms with Crippen LogP contribution in [0.15, 0.2) is 41.8 Å². The van der Waals surface area contributed by atoms with Crippen LogP contribution in [-0.4, -0.2) is 22.6 Å². The molecular weight excluding hydrogens is 273 g/mol. The van der Waals surface area contributed by atoms with Gasteiger partial charge in [-0.3, -0.25) is 4.90 Å². The standard InChI is InChI=1S/C16H18FNOS/c17-15-6-2-1-5-14(15)16(19)11-18(12-7-8-12)10-13-4-3-9-20-13/h1-6,9,12,16,19H,7-8,10-11H2. The van der Waals surface area contributed by atoms with Crippen LogP contribution in [0.3, 0.4) is 0 Å². The summed E-state index contributed by atoms with van der Waals surface area (Å²) in [4.78, 5) is 3.56. The maximum atomic E-state index is 13.7. The summed E-state index contributed by atoms with van der Waals surface area (Å²) in [5.74, 6) is -0.327. The maximum absolute atomic E-state index is 13.7. The number of aliphatic hydroxyl groups excluding tert-OH is 1. The molecule has 1 unspecified atom stereocenters. The molecule has 0 saturated heterocycles. The highest BCUT2D eigenvalue weighted by atomic mass is 32.1. The van der Waals surface area contributed by atoms with E-state index in [0.717, 1.165) is 6.54 Å². The fourth-order valence-corrected chi connectivity index (χ4v) is 3.18. The summed E-state index contributed by atoms with van der Waals surface area (Å²) in [6.45, 7) is 1.33. The Balaban J connectivity index is 1.68. The van der Waals surface area contributed by atoms with Gasteiger partial charge >= 0.3 is 0 Å². The first-order chi connectivity index (χ1) is 9.74. The van der Waals surface area contributed by atoms with Crippen LogP contribution in [0.5, 0.6) is 0 Å². The van der Waals surface area contributed by atoms with E-state index in [-0.39, 0.29) is 5.82 Å². The van der Waals surface area contributed by atoms with Gasteiger partial charge < -0.3 is 5.11 Å². The number of benzene rings is 1. The van der Waals surface area contributed by atoms with Gasteiger partial charge in [0.2, 0.25) is 0 Å².